The highest BCUT2D eigenvalue weighted by Crippen LogP contribution is 2.13. The first-order valence-electron chi connectivity index (χ1n) is 5.99. The summed E-state index contributed by atoms with van der Waals surface area (Å²) in [5.41, 5.74) is 0.780. The number of hydrogen-bond donors (Lipinski definition) is 2. The van der Waals surface area contributed by atoms with Crippen LogP contribution in [0, 0.1) is 0 Å². The molecule has 0 aliphatic heterocycles. The first kappa shape index (κ1) is 12.7. The lowest BCUT2D eigenvalue weighted by atomic mass is 10.2. The molecule has 0 aliphatic carbocycles. The molecule has 2 N–H and O–H groups in total. The molecule has 3 heterocycles. The molecule has 0 fully saturated rings. The van der Waals surface area contributed by atoms with Crippen LogP contribution in [0.15, 0.2) is 49.4 Å². The molecule has 0 radical (unpaired) electrons. The van der Waals surface area contributed by atoms with Gasteiger partial charge in [-0.15, -0.1) is 0 Å². The molecule has 0 unspecified atom stereocenters. The molecule has 0 saturated heterocycles. The molecule has 0 atom stereocenters. The lowest BCUT2D eigenvalue weighted by molar-refractivity contribution is 0.102. The number of aromatic hydroxyl groups is 1. The van der Waals surface area contributed by atoms with Gasteiger partial charge in [0, 0.05) is 6.20 Å². The van der Waals surface area contributed by atoms with E-state index < -0.39 is 0 Å². The van der Waals surface area contributed by atoms with Gasteiger partial charge in [-0.05, 0) is 18.2 Å². The first-order chi connectivity index (χ1) is 10.2. The van der Waals surface area contributed by atoms with Crippen LogP contribution in [0.5, 0.6) is 5.75 Å². The Morgan fingerprint density at radius 3 is 2.76 bits per heavy atom. The molecule has 0 bridgehead atoms. The number of carbonyl (C=O) groups excluding carboxylic acids is 1. The van der Waals surface area contributed by atoms with Gasteiger partial charge in [-0.3, -0.25) is 9.78 Å². The fraction of sp³-hybridized carbons (Fsp3) is 0. The molecule has 3 rings (SSSR count). The quantitative estimate of drug-likeness (QED) is 0.742. The lowest BCUT2D eigenvalue weighted by Crippen LogP contribution is -2.12. The highest BCUT2D eigenvalue weighted by atomic mass is 16.3. The molecule has 3 aromatic rings. The van der Waals surface area contributed by atoms with Gasteiger partial charge in [0.2, 0.25) is 0 Å². The molecule has 8 nitrogen and oxygen atoms in total. The molecule has 0 aromatic carbocycles. The second-order valence-corrected chi connectivity index (χ2v) is 4.13. The number of hydrogen-bond acceptors (Lipinski definition) is 6. The summed E-state index contributed by atoms with van der Waals surface area (Å²) in [6.45, 7) is 0. The molecule has 0 saturated carbocycles. The third-order valence-electron chi connectivity index (χ3n) is 2.65. The number of nitrogens with one attached hydrogen (secondary N) is 1. The number of anilines is 1. The van der Waals surface area contributed by atoms with E-state index in [0.29, 0.717) is 11.5 Å². The van der Waals surface area contributed by atoms with Crippen molar-refractivity contribution in [3.63, 3.8) is 0 Å². The summed E-state index contributed by atoms with van der Waals surface area (Å²) in [5, 5.41) is 15.9. The predicted octanol–water partition coefficient (Wildman–Crippen LogP) is 1.02. The van der Waals surface area contributed by atoms with Crippen molar-refractivity contribution in [3.05, 3.63) is 55.0 Å². The molecular weight excluding hydrogens is 272 g/mol. The monoisotopic (exact) mass is 282 g/mol. The lowest BCUT2D eigenvalue weighted by Gasteiger charge is -2.06. The van der Waals surface area contributed by atoms with Gasteiger partial charge in [-0.2, -0.15) is 5.10 Å². The Hall–Kier alpha value is -3.29. The maximum atomic E-state index is 12.0. The fourth-order valence-corrected chi connectivity index (χ4v) is 1.68. The van der Waals surface area contributed by atoms with Crippen molar-refractivity contribution in [2.75, 3.05) is 5.32 Å². The minimum Gasteiger partial charge on any atom is -0.506 e. The van der Waals surface area contributed by atoms with E-state index in [2.05, 4.69) is 25.4 Å². The van der Waals surface area contributed by atoms with Crippen molar-refractivity contribution in [2.45, 2.75) is 0 Å². The maximum absolute atomic E-state index is 12.0. The van der Waals surface area contributed by atoms with E-state index >= 15 is 0 Å². The molecule has 1 amide bonds. The van der Waals surface area contributed by atoms with Crippen LogP contribution in [0.25, 0.3) is 5.82 Å². The topological polar surface area (TPSA) is 106 Å². The number of pyridine rings is 2. The van der Waals surface area contributed by atoms with Crippen molar-refractivity contribution in [1.29, 1.82) is 0 Å². The fourth-order valence-electron chi connectivity index (χ4n) is 1.68. The Morgan fingerprint density at radius 1 is 1.19 bits per heavy atom. The third kappa shape index (κ3) is 2.84. The van der Waals surface area contributed by atoms with Crippen LogP contribution in [0.1, 0.15) is 10.4 Å². The van der Waals surface area contributed by atoms with Crippen LogP contribution in [-0.2, 0) is 0 Å². The van der Waals surface area contributed by atoms with E-state index in [1.165, 1.54) is 42.0 Å². The molecule has 0 aliphatic rings. The Balaban J connectivity index is 1.75. The van der Waals surface area contributed by atoms with Gasteiger partial charge >= 0.3 is 0 Å². The van der Waals surface area contributed by atoms with Crippen LogP contribution in [-0.4, -0.2) is 35.7 Å². The molecular formula is C13H10N6O2. The number of nitrogens with zero attached hydrogens (tertiary/aromatic N) is 5. The summed E-state index contributed by atoms with van der Waals surface area (Å²) in [4.78, 5) is 23.7. The van der Waals surface area contributed by atoms with Crippen LogP contribution in [0.4, 0.5) is 5.69 Å². The van der Waals surface area contributed by atoms with Crippen LogP contribution in [0.3, 0.4) is 0 Å². The van der Waals surface area contributed by atoms with E-state index in [1.54, 1.807) is 12.1 Å². The van der Waals surface area contributed by atoms with Crippen molar-refractivity contribution in [1.82, 2.24) is 24.7 Å². The molecule has 3 aromatic heterocycles. The van der Waals surface area contributed by atoms with Crippen LogP contribution < -0.4 is 5.32 Å². The minimum absolute atomic E-state index is 0.0673. The van der Waals surface area contributed by atoms with E-state index in [0.717, 1.165) is 0 Å². The second kappa shape index (κ2) is 5.37. The van der Waals surface area contributed by atoms with Gasteiger partial charge in [0.25, 0.3) is 5.91 Å². The predicted molar refractivity (Wildman–Crippen MR) is 73.0 cm³/mol. The Kier molecular flexibility index (Phi) is 3.26. The molecule has 8 heteroatoms. The highest BCUT2D eigenvalue weighted by Gasteiger charge is 2.08. The maximum Gasteiger partial charge on any atom is 0.257 e. The van der Waals surface area contributed by atoms with Gasteiger partial charge in [0.05, 0.1) is 23.6 Å². The van der Waals surface area contributed by atoms with E-state index in [4.69, 9.17) is 0 Å². The summed E-state index contributed by atoms with van der Waals surface area (Å²) < 4.78 is 1.50. The molecule has 104 valence electrons. The summed E-state index contributed by atoms with van der Waals surface area (Å²) in [7, 11) is 0. The van der Waals surface area contributed by atoms with Gasteiger partial charge < -0.3 is 10.4 Å². The van der Waals surface area contributed by atoms with Gasteiger partial charge in [-0.1, -0.05) is 0 Å². The van der Waals surface area contributed by atoms with Crippen molar-refractivity contribution >= 4 is 11.6 Å². The van der Waals surface area contributed by atoms with Crippen molar-refractivity contribution in [3.8, 4) is 11.6 Å². The Bertz CT molecular complexity index is 755. The summed E-state index contributed by atoms with van der Waals surface area (Å²) in [6.07, 6.45) is 7.06. The summed E-state index contributed by atoms with van der Waals surface area (Å²) in [5.74, 6) is 0.139. The van der Waals surface area contributed by atoms with Crippen molar-refractivity contribution < 1.29 is 9.90 Å². The summed E-state index contributed by atoms with van der Waals surface area (Å²) >= 11 is 0. The van der Waals surface area contributed by atoms with Gasteiger partial charge in [0.1, 0.15) is 18.4 Å². The average molecular weight is 282 g/mol. The minimum atomic E-state index is -0.381. The van der Waals surface area contributed by atoms with E-state index in [-0.39, 0.29) is 17.2 Å². The number of carbonyl (C=O) groups is 1. The number of rotatable bonds is 3. The first-order valence-corrected chi connectivity index (χ1v) is 5.99. The zero-order valence-electron chi connectivity index (χ0n) is 10.7. The Morgan fingerprint density at radius 2 is 2.10 bits per heavy atom. The molecule has 21 heavy (non-hydrogen) atoms. The van der Waals surface area contributed by atoms with E-state index in [9.17, 15) is 9.90 Å². The largest absolute Gasteiger partial charge is 0.506 e. The normalized spacial score (nSPS) is 10.3. The number of amides is 1. The van der Waals surface area contributed by atoms with Crippen LogP contribution >= 0.6 is 0 Å². The van der Waals surface area contributed by atoms with Gasteiger partial charge in [-0.25, -0.2) is 14.6 Å². The zero-order chi connectivity index (χ0) is 14.7. The second-order valence-electron chi connectivity index (χ2n) is 4.13. The molecule has 0 spiro atoms. The van der Waals surface area contributed by atoms with Gasteiger partial charge in [0.15, 0.2) is 5.82 Å². The zero-order valence-corrected chi connectivity index (χ0v) is 10.7. The average Bonchev–Trinajstić information content (AvgIpc) is 3.02. The highest BCUT2D eigenvalue weighted by molar-refractivity contribution is 6.04. The smallest absolute Gasteiger partial charge is 0.257 e. The van der Waals surface area contributed by atoms with Crippen molar-refractivity contribution in [2.24, 2.45) is 0 Å². The summed E-state index contributed by atoms with van der Waals surface area (Å²) in [6, 6.07) is 4.72. The SMILES string of the molecule is O=C(Nc1ccc(-n2cncn2)nc1)c1cncc(O)c1. The number of aromatic nitrogens is 5. The standard InChI is InChI=1S/C13H10N6O2/c20-11-3-9(4-14-6-11)13(21)18-10-1-2-12(16-5-10)19-8-15-7-17-19/h1-8,20H,(H,18,21). The Labute approximate surface area is 119 Å². The van der Waals surface area contributed by atoms with Crippen LogP contribution in [0.2, 0.25) is 0 Å². The third-order valence-corrected chi connectivity index (χ3v) is 2.65. The van der Waals surface area contributed by atoms with E-state index in [1.807, 2.05) is 0 Å².